The van der Waals surface area contributed by atoms with Crippen molar-refractivity contribution >= 4 is 5.91 Å². The zero-order chi connectivity index (χ0) is 19.5. The number of nitrogens with zero attached hydrogens (tertiary/aromatic N) is 5. The molecule has 28 heavy (non-hydrogen) atoms. The van der Waals surface area contributed by atoms with Crippen LogP contribution in [0.3, 0.4) is 0 Å². The Morgan fingerprint density at radius 2 is 2.07 bits per heavy atom. The van der Waals surface area contributed by atoms with Crippen LogP contribution in [-0.2, 0) is 6.42 Å². The Balaban J connectivity index is 1.42. The third-order valence-corrected chi connectivity index (χ3v) is 5.12. The molecule has 7 heteroatoms. The third-order valence-electron chi connectivity index (χ3n) is 5.12. The fraction of sp³-hybridized carbons (Fsp3) is 0.381. The van der Waals surface area contributed by atoms with Crippen LogP contribution >= 0.6 is 0 Å². The molecule has 0 saturated carbocycles. The maximum absolute atomic E-state index is 12.7. The molecular formula is C21H23N5O2. The molecule has 1 atom stereocenters. The summed E-state index contributed by atoms with van der Waals surface area (Å²) in [6.07, 6.45) is 5.83. The lowest BCUT2D eigenvalue weighted by molar-refractivity contribution is 0.0661. The van der Waals surface area contributed by atoms with E-state index in [1.807, 2.05) is 43.0 Å². The molecule has 3 aromatic rings. The summed E-state index contributed by atoms with van der Waals surface area (Å²) in [5.74, 6) is 1.46. The molecule has 0 unspecified atom stereocenters. The van der Waals surface area contributed by atoms with Crippen LogP contribution in [0.15, 0.2) is 41.2 Å². The first-order valence-electron chi connectivity index (χ1n) is 9.56. The molecule has 1 aliphatic rings. The second kappa shape index (κ2) is 7.88. The SMILES string of the molecule is Cc1cnc(C(=O)N2CCC[C@H](Cc3nc(-c4ccccc4C)no3)C2)cn1. The lowest BCUT2D eigenvalue weighted by Gasteiger charge is -2.31. The lowest BCUT2D eigenvalue weighted by atomic mass is 9.94. The van der Waals surface area contributed by atoms with Crippen LogP contribution < -0.4 is 0 Å². The predicted molar refractivity (Wildman–Crippen MR) is 104 cm³/mol. The van der Waals surface area contributed by atoms with Gasteiger partial charge in [0.15, 0.2) is 0 Å². The van der Waals surface area contributed by atoms with Crippen molar-refractivity contribution in [1.29, 1.82) is 0 Å². The van der Waals surface area contributed by atoms with Gasteiger partial charge in [-0.1, -0.05) is 29.4 Å². The Morgan fingerprint density at radius 3 is 2.86 bits per heavy atom. The minimum atomic E-state index is -0.0664. The first-order chi connectivity index (χ1) is 13.6. The van der Waals surface area contributed by atoms with E-state index in [1.54, 1.807) is 12.4 Å². The van der Waals surface area contributed by atoms with E-state index >= 15 is 0 Å². The van der Waals surface area contributed by atoms with E-state index in [9.17, 15) is 4.79 Å². The van der Waals surface area contributed by atoms with Crippen LogP contribution in [0.25, 0.3) is 11.4 Å². The first-order valence-corrected chi connectivity index (χ1v) is 9.56. The van der Waals surface area contributed by atoms with Crippen LogP contribution in [0.4, 0.5) is 0 Å². The quantitative estimate of drug-likeness (QED) is 0.694. The topological polar surface area (TPSA) is 85.0 Å². The van der Waals surface area contributed by atoms with Gasteiger partial charge in [0, 0.05) is 31.3 Å². The molecule has 1 aromatic carbocycles. The Bertz CT molecular complexity index is 967. The molecule has 0 N–H and O–H groups in total. The molecule has 2 aromatic heterocycles. The standard InChI is InChI=1S/C21H23N5O2/c1-14-6-3-4-8-17(14)20-24-19(28-25-20)10-16-7-5-9-26(13-16)21(27)18-12-22-15(2)11-23-18/h3-4,6,8,11-12,16H,5,7,9-10,13H2,1-2H3/t16-/m1/s1. The van der Waals surface area contributed by atoms with E-state index in [0.717, 1.165) is 36.2 Å². The highest BCUT2D eigenvalue weighted by Crippen LogP contribution is 2.24. The number of aryl methyl sites for hydroxylation is 2. The first kappa shape index (κ1) is 18.3. The average Bonchev–Trinajstić information content (AvgIpc) is 3.17. The molecule has 1 amide bonds. The van der Waals surface area contributed by atoms with Crippen molar-refractivity contribution in [3.8, 4) is 11.4 Å². The van der Waals surface area contributed by atoms with Gasteiger partial charge in [-0.15, -0.1) is 0 Å². The van der Waals surface area contributed by atoms with Crippen molar-refractivity contribution in [2.75, 3.05) is 13.1 Å². The highest BCUT2D eigenvalue weighted by Gasteiger charge is 2.27. The monoisotopic (exact) mass is 377 g/mol. The second-order valence-corrected chi connectivity index (χ2v) is 7.33. The summed E-state index contributed by atoms with van der Waals surface area (Å²) in [6.45, 7) is 5.29. The number of amides is 1. The van der Waals surface area contributed by atoms with Crippen molar-refractivity contribution in [3.05, 3.63) is 59.5 Å². The zero-order valence-corrected chi connectivity index (χ0v) is 16.1. The highest BCUT2D eigenvalue weighted by molar-refractivity contribution is 5.92. The number of rotatable bonds is 4. The summed E-state index contributed by atoms with van der Waals surface area (Å²) in [5, 5.41) is 4.14. The van der Waals surface area contributed by atoms with Crippen LogP contribution in [-0.4, -0.2) is 44.0 Å². The summed E-state index contributed by atoms with van der Waals surface area (Å²) in [4.78, 5) is 27.5. The third kappa shape index (κ3) is 3.93. The van der Waals surface area contributed by atoms with Gasteiger partial charge in [-0.05, 0) is 38.2 Å². The lowest BCUT2D eigenvalue weighted by Crippen LogP contribution is -2.41. The van der Waals surface area contributed by atoms with Gasteiger partial charge in [-0.25, -0.2) is 4.98 Å². The molecule has 0 spiro atoms. The van der Waals surface area contributed by atoms with E-state index in [1.165, 1.54) is 0 Å². The minimum absolute atomic E-state index is 0.0664. The van der Waals surface area contributed by atoms with Crippen molar-refractivity contribution < 1.29 is 9.32 Å². The number of piperidine rings is 1. The molecule has 3 heterocycles. The van der Waals surface area contributed by atoms with E-state index in [0.29, 0.717) is 36.3 Å². The van der Waals surface area contributed by atoms with Gasteiger partial charge in [-0.3, -0.25) is 9.78 Å². The fourth-order valence-corrected chi connectivity index (χ4v) is 3.60. The number of benzene rings is 1. The zero-order valence-electron chi connectivity index (χ0n) is 16.1. The summed E-state index contributed by atoms with van der Waals surface area (Å²) < 4.78 is 5.48. The number of hydrogen-bond donors (Lipinski definition) is 0. The van der Waals surface area contributed by atoms with Crippen molar-refractivity contribution in [2.45, 2.75) is 33.1 Å². The van der Waals surface area contributed by atoms with Gasteiger partial charge in [0.05, 0.1) is 11.9 Å². The van der Waals surface area contributed by atoms with Gasteiger partial charge in [0.2, 0.25) is 11.7 Å². The van der Waals surface area contributed by atoms with Crippen LogP contribution in [0.2, 0.25) is 0 Å². The smallest absolute Gasteiger partial charge is 0.274 e. The molecule has 7 nitrogen and oxygen atoms in total. The number of hydrogen-bond acceptors (Lipinski definition) is 6. The molecule has 0 bridgehead atoms. The second-order valence-electron chi connectivity index (χ2n) is 7.33. The van der Waals surface area contributed by atoms with Gasteiger partial charge in [0.1, 0.15) is 5.69 Å². The van der Waals surface area contributed by atoms with Crippen molar-refractivity contribution in [3.63, 3.8) is 0 Å². The maximum Gasteiger partial charge on any atom is 0.274 e. The van der Waals surface area contributed by atoms with Gasteiger partial charge < -0.3 is 9.42 Å². The predicted octanol–water partition coefficient (Wildman–Crippen LogP) is 3.24. The molecule has 4 rings (SSSR count). The Labute approximate surface area is 163 Å². The number of carbonyl (C=O) groups is 1. The highest BCUT2D eigenvalue weighted by atomic mass is 16.5. The Kier molecular flexibility index (Phi) is 5.14. The number of aromatic nitrogens is 4. The Hall–Kier alpha value is -3.09. The van der Waals surface area contributed by atoms with Crippen LogP contribution in [0.5, 0.6) is 0 Å². The largest absolute Gasteiger partial charge is 0.339 e. The van der Waals surface area contributed by atoms with Crippen LogP contribution in [0, 0.1) is 19.8 Å². The summed E-state index contributed by atoms with van der Waals surface area (Å²) in [6, 6.07) is 7.99. The summed E-state index contributed by atoms with van der Waals surface area (Å²) >= 11 is 0. The van der Waals surface area contributed by atoms with Gasteiger partial charge in [0.25, 0.3) is 5.91 Å². The summed E-state index contributed by atoms with van der Waals surface area (Å²) in [5.41, 5.74) is 3.29. The van der Waals surface area contributed by atoms with E-state index in [-0.39, 0.29) is 5.91 Å². The average molecular weight is 377 g/mol. The number of likely N-dealkylation sites (tertiary alicyclic amines) is 1. The molecular weight excluding hydrogens is 354 g/mol. The molecule has 144 valence electrons. The van der Waals surface area contributed by atoms with E-state index in [2.05, 4.69) is 20.1 Å². The van der Waals surface area contributed by atoms with Gasteiger partial charge >= 0.3 is 0 Å². The number of carbonyl (C=O) groups excluding carboxylic acids is 1. The van der Waals surface area contributed by atoms with Gasteiger partial charge in [-0.2, -0.15) is 4.98 Å². The van der Waals surface area contributed by atoms with E-state index in [4.69, 9.17) is 4.52 Å². The fourth-order valence-electron chi connectivity index (χ4n) is 3.60. The normalized spacial score (nSPS) is 16.9. The minimum Gasteiger partial charge on any atom is -0.339 e. The molecule has 0 radical (unpaired) electrons. The van der Waals surface area contributed by atoms with E-state index < -0.39 is 0 Å². The van der Waals surface area contributed by atoms with Crippen molar-refractivity contribution in [2.24, 2.45) is 5.92 Å². The molecule has 1 aliphatic heterocycles. The molecule has 1 fully saturated rings. The molecule has 1 saturated heterocycles. The maximum atomic E-state index is 12.7. The summed E-state index contributed by atoms with van der Waals surface area (Å²) in [7, 11) is 0. The van der Waals surface area contributed by atoms with Crippen molar-refractivity contribution in [1.82, 2.24) is 25.0 Å². The Morgan fingerprint density at radius 1 is 1.21 bits per heavy atom. The molecule has 0 aliphatic carbocycles. The van der Waals surface area contributed by atoms with Crippen LogP contribution in [0.1, 0.15) is 40.5 Å².